The first-order chi connectivity index (χ1) is 13.9. The van der Waals surface area contributed by atoms with E-state index in [0.717, 1.165) is 17.0 Å². The zero-order valence-corrected chi connectivity index (χ0v) is 15.7. The number of benzene rings is 2. The fourth-order valence-corrected chi connectivity index (χ4v) is 3.47. The molecule has 8 heteroatoms. The van der Waals surface area contributed by atoms with Gasteiger partial charge in [-0.25, -0.2) is 4.68 Å². The molecule has 146 valence electrons. The molecule has 1 N–H and O–H groups in total. The predicted molar refractivity (Wildman–Crippen MR) is 106 cm³/mol. The van der Waals surface area contributed by atoms with Gasteiger partial charge in [-0.3, -0.25) is 4.79 Å². The van der Waals surface area contributed by atoms with Gasteiger partial charge in [0.25, 0.3) is 5.91 Å². The number of para-hydroxylation sites is 1. The molecule has 0 atom stereocenters. The highest BCUT2D eigenvalue weighted by Gasteiger charge is 2.30. The van der Waals surface area contributed by atoms with Gasteiger partial charge in [0.1, 0.15) is 11.4 Å². The number of carbonyl (C=O) groups is 1. The second-order valence-corrected chi connectivity index (χ2v) is 7.12. The van der Waals surface area contributed by atoms with Crippen molar-refractivity contribution in [3.63, 3.8) is 0 Å². The molecule has 4 rings (SSSR count). The van der Waals surface area contributed by atoms with Crippen LogP contribution in [0.1, 0.15) is 16.1 Å². The second kappa shape index (κ2) is 7.56. The summed E-state index contributed by atoms with van der Waals surface area (Å²) >= 11 is 1.50. The van der Waals surface area contributed by atoms with Crippen LogP contribution in [0.3, 0.4) is 0 Å². The van der Waals surface area contributed by atoms with Crippen molar-refractivity contribution in [1.82, 2.24) is 9.78 Å². The lowest BCUT2D eigenvalue weighted by Gasteiger charge is -2.10. The number of aromatic nitrogens is 2. The van der Waals surface area contributed by atoms with E-state index in [9.17, 15) is 18.0 Å². The number of amides is 1. The minimum atomic E-state index is -4.43. The molecule has 0 saturated carbocycles. The van der Waals surface area contributed by atoms with Crippen LogP contribution in [-0.2, 0) is 6.18 Å². The van der Waals surface area contributed by atoms with Crippen molar-refractivity contribution >= 4 is 22.9 Å². The molecule has 2 aromatic carbocycles. The van der Waals surface area contributed by atoms with Gasteiger partial charge in [-0.05, 0) is 53.9 Å². The number of hydrogen-bond acceptors (Lipinski definition) is 3. The summed E-state index contributed by atoms with van der Waals surface area (Å²) in [4.78, 5) is 13.8. The predicted octanol–water partition coefficient (Wildman–Crippen LogP) is 5.87. The minimum Gasteiger partial charge on any atom is -0.321 e. The Morgan fingerprint density at radius 1 is 0.966 bits per heavy atom. The second-order valence-electron chi connectivity index (χ2n) is 6.17. The SMILES string of the molecule is O=C(Nc1ccc(C(F)(F)F)cc1)c1cc(-c2cccs2)nn1-c1ccccc1. The summed E-state index contributed by atoms with van der Waals surface area (Å²) in [7, 11) is 0. The highest BCUT2D eigenvalue weighted by Crippen LogP contribution is 2.30. The molecule has 2 aromatic heterocycles. The average Bonchev–Trinajstić information content (AvgIpc) is 3.38. The fraction of sp³-hybridized carbons (Fsp3) is 0.0476. The van der Waals surface area contributed by atoms with E-state index in [4.69, 9.17) is 0 Å². The van der Waals surface area contributed by atoms with Gasteiger partial charge in [0, 0.05) is 5.69 Å². The van der Waals surface area contributed by atoms with E-state index in [0.29, 0.717) is 11.4 Å². The summed E-state index contributed by atoms with van der Waals surface area (Å²) in [6.45, 7) is 0. The van der Waals surface area contributed by atoms with Crippen molar-refractivity contribution in [2.75, 3.05) is 5.32 Å². The summed E-state index contributed by atoms with van der Waals surface area (Å²) in [6.07, 6.45) is -4.43. The minimum absolute atomic E-state index is 0.265. The van der Waals surface area contributed by atoms with E-state index in [1.807, 2.05) is 47.8 Å². The van der Waals surface area contributed by atoms with Crippen LogP contribution in [-0.4, -0.2) is 15.7 Å². The molecule has 0 aliphatic heterocycles. The Balaban J connectivity index is 1.67. The zero-order chi connectivity index (χ0) is 20.4. The van der Waals surface area contributed by atoms with Gasteiger partial charge in [-0.15, -0.1) is 11.3 Å². The fourth-order valence-electron chi connectivity index (χ4n) is 2.79. The normalized spacial score (nSPS) is 11.4. The maximum absolute atomic E-state index is 12.9. The number of carbonyl (C=O) groups excluding carboxylic acids is 1. The molecular formula is C21H14F3N3OS. The third-order valence-corrected chi connectivity index (χ3v) is 5.08. The van der Waals surface area contributed by atoms with Crippen LogP contribution in [0, 0.1) is 0 Å². The van der Waals surface area contributed by atoms with Crippen molar-refractivity contribution in [2.24, 2.45) is 0 Å². The Hall–Kier alpha value is -3.39. The van der Waals surface area contributed by atoms with E-state index >= 15 is 0 Å². The highest BCUT2D eigenvalue weighted by atomic mass is 32.1. The van der Waals surface area contributed by atoms with Crippen LogP contribution in [0.4, 0.5) is 18.9 Å². The van der Waals surface area contributed by atoms with E-state index in [1.54, 1.807) is 6.07 Å². The average molecular weight is 413 g/mol. The number of nitrogens with zero attached hydrogens (tertiary/aromatic N) is 2. The van der Waals surface area contributed by atoms with Gasteiger partial charge in [-0.2, -0.15) is 18.3 Å². The van der Waals surface area contributed by atoms with Crippen LogP contribution in [0.2, 0.25) is 0 Å². The number of hydrogen-bond donors (Lipinski definition) is 1. The highest BCUT2D eigenvalue weighted by molar-refractivity contribution is 7.13. The van der Waals surface area contributed by atoms with Gasteiger partial charge in [0.2, 0.25) is 0 Å². The van der Waals surface area contributed by atoms with Crippen LogP contribution in [0.5, 0.6) is 0 Å². The molecule has 0 bridgehead atoms. The molecule has 29 heavy (non-hydrogen) atoms. The first-order valence-electron chi connectivity index (χ1n) is 8.60. The Morgan fingerprint density at radius 3 is 2.31 bits per heavy atom. The molecule has 0 aliphatic rings. The summed E-state index contributed by atoms with van der Waals surface area (Å²) in [6, 6.07) is 18.9. The Labute approximate surface area is 168 Å². The molecule has 2 heterocycles. The van der Waals surface area contributed by atoms with Gasteiger partial charge in [0.15, 0.2) is 0 Å². The summed E-state index contributed by atoms with van der Waals surface area (Å²) < 4.78 is 39.7. The van der Waals surface area contributed by atoms with E-state index in [-0.39, 0.29) is 11.4 Å². The molecule has 0 fully saturated rings. The van der Waals surface area contributed by atoms with Crippen LogP contribution < -0.4 is 5.32 Å². The quantitative estimate of drug-likeness (QED) is 0.455. The molecule has 4 aromatic rings. The lowest BCUT2D eigenvalue weighted by atomic mass is 10.2. The lowest BCUT2D eigenvalue weighted by Crippen LogP contribution is -2.17. The Bertz CT molecular complexity index is 1120. The number of halogens is 3. The van der Waals surface area contributed by atoms with Crippen molar-refractivity contribution < 1.29 is 18.0 Å². The summed E-state index contributed by atoms with van der Waals surface area (Å²) in [5.41, 5.74) is 1.11. The number of anilines is 1. The van der Waals surface area contributed by atoms with Gasteiger partial charge in [0.05, 0.1) is 16.1 Å². The standard InChI is InChI=1S/C21H14F3N3OS/c22-21(23,24)14-8-10-15(11-9-14)25-20(28)18-13-17(19-7-4-12-29-19)26-27(18)16-5-2-1-3-6-16/h1-13H,(H,25,28). The maximum Gasteiger partial charge on any atom is 0.416 e. The Kier molecular flexibility index (Phi) is 4.94. The molecule has 0 spiro atoms. The molecule has 0 saturated heterocycles. The monoisotopic (exact) mass is 413 g/mol. The van der Waals surface area contributed by atoms with Crippen LogP contribution >= 0.6 is 11.3 Å². The molecular weight excluding hydrogens is 399 g/mol. The summed E-state index contributed by atoms with van der Waals surface area (Å²) in [5, 5.41) is 9.11. The smallest absolute Gasteiger partial charge is 0.321 e. The summed E-state index contributed by atoms with van der Waals surface area (Å²) in [5.74, 6) is -0.469. The van der Waals surface area contributed by atoms with Crippen molar-refractivity contribution in [3.8, 4) is 16.3 Å². The van der Waals surface area contributed by atoms with Crippen molar-refractivity contribution in [1.29, 1.82) is 0 Å². The van der Waals surface area contributed by atoms with Gasteiger partial charge >= 0.3 is 6.18 Å². The lowest BCUT2D eigenvalue weighted by molar-refractivity contribution is -0.137. The van der Waals surface area contributed by atoms with Gasteiger partial charge in [-0.1, -0.05) is 24.3 Å². The largest absolute Gasteiger partial charge is 0.416 e. The Morgan fingerprint density at radius 2 is 1.69 bits per heavy atom. The van der Waals surface area contributed by atoms with Crippen molar-refractivity contribution in [2.45, 2.75) is 6.18 Å². The third kappa shape index (κ3) is 4.07. The van der Waals surface area contributed by atoms with E-state index in [1.165, 1.54) is 28.2 Å². The first-order valence-corrected chi connectivity index (χ1v) is 9.48. The topological polar surface area (TPSA) is 46.9 Å². The molecule has 1 amide bonds. The first kappa shape index (κ1) is 18.9. The molecule has 0 radical (unpaired) electrons. The van der Waals surface area contributed by atoms with Gasteiger partial charge < -0.3 is 5.32 Å². The number of nitrogens with one attached hydrogen (secondary N) is 1. The van der Waals surface area contributed by atoms with E-state index in [2.05, 4.69) is 10.4 Å². The number of rotatable bonds is 4. The van der Waals surface area contributed by atoms with Crippen LogP contribution in [0.25, 0.3) is 16.3 Å². The molecule has 0 unspecified atom stereocenters. The van der Waals surface area contributed by atoms with Crippen molar-refractivity contribution in [3.05, 3.63) is 89.4 Å². The third-order valence-electron chi connectivity index (χ3n) is 4.19. The molecule has 4 nitrogen and oxygen atoms in total. The maximum atomic E-state index is 12.9. The molecule has 0 aliphatic carbocycles. The number of thiophene rings is 1. The van der Waals surface area contributed by atoms with E-state index < -0.39 is 17.6 Å². The van der Waals surface area contributed by atoms with Crippen LogP contribution in [0.15, 0.2) is 78.2 Å². The number of alkyl halides is 3. The zero-order valence-electron chi connectivity index (χ0n) is 14.9.